The highest BCUT2D eigenvalue weighted by atomic mass is 16.1. The molecule has 1 fully saturated rings. The van der Waals surface area contributed by atoms with Crippen LogP contribution in [-0.2, 0) is 0 Å². The maximum absolute atomic E-state index is 12.1. The van der Waals surface area contributed by atoms with Crippen molar-refractivity contribution in [3.8, 4) is 0 Å². The molecule has 4 heteroatoms. The van der Waals surface area contributed by atoms with Gasteiger partial charge in [-0.2, -0.15) is 0 Å². The summed E-state index contributed by atoms with van der Waals surface area (Å²) >= 11 is 0. The highest BCUT2D eigenvalue weighted by Gasteiger charge is 2.17. The van der Waals surface area contributed by atoms with Gasteiger partial charge in [0.25, 0.3) is 5.91 Å². The number of amides is 1. The van der Waals surface area contributed by atoms with Crippen LogP contribution in [0.4, 0.5) is 5.69 Å². The third-order valence-corrected chi connectivity index (χ3v) is 3.14. The van der Waals surface area contributed by atoms with Crippen molar-refractivity contribution in [3.63, 3.8) is 0 Å². The first-order valence-corrected chi connectivity index (χ1v) is 6.04. The smallest absolute Gasteiger partial charge is 0.251 e. The Morgan fingerprint density at radius 1 is 1.53 bits per heavy atom. The Kier molecular flexibility index (Phi) is 3.64. The molecule has 0 aromatic heterocycles. The molecule has 0 spiro atoms. The van der Waals surface area contributed by atoms with E-state index in [9.17, 15) is 4.79 Å². The van der Waals surface area contributed by atoms with Crippen molar-refractivity contribution in [1.29, 1.82) is 0 Å². The monoisotopic (exact) mass is 233 g/mol. The molecule has 92 valence electrons. The van der Waals surface area contributed by atoms with Gasteiger partial charge in [0.1, 0.15) is 0 Å². The van der Waals surface area contributed by atoms with E-state index in [2.05, 4.69) is 10.6 Å². The summed E-state index contributed by atoms with van der Waals surface area (Å²) in [5.74, 6) is -0.0245. The van der Waals surface area contributed by atoms with Gasteiger partial charge < -0.3 is 16.4 Å². The van der Waals surface area contributed by atoms with E-state index in [0.717, 1.165) is 31.5 Å². The number of nitrogens with two attached hydrogens (primary N) is 1. The lowest BCUT2D eigenvalue weighted by atomic mass is 10.0. The number of carbonyl (C=O) groups is 1. The largest absolute Gasteiger partial charge is 0.399 e. The standard InChI is InChI=1S/C13H19N3O/c1-9-4-5-10(14)7-12(9)13(17)16-11-3-2-6-15-8-11/h4-5,7,11,15H,2-3,6,8,14H2,1H3,(H,16,17). The Bertz CT molecular complexity index is 411. The molecule has 0 radical (unpaired) electrons. The number of hydrogen-bond acceptors (Lipinski definition) is 3. The van der Waals surface area contributed by atoms with Crippen LogP contribution in [0.15, 0.2) is 18.2 Å². The van der Waals surface area contributed by atoms with Crippen LogP contribution >= 0.6 is 0 Å². The van der Waals surface area contributed by atoms with Crippen LogP contribution in [0.1, 0.15) is 28.8 Å². The molecule has 1 aliphatic rings. The van der Waals surface area contributed by atoms with E-state index in [1.807, 2.05) is 19.1 Å². The zero-order chi connectivity index (χ0) is 12.3. The summed E-state index contributed by atoms with van der Waals surface area (Å²) in [6, 6.07) is 5.66. The molecule has 2 rings (SSSR count). The van der Waals surface area contributed by atoms with Gasteiger partial charge in [-0.3, -0.25) is 4.79 Å². The predicted molar refractivity (Wildman–Crippen MR) is 68.9 cm³/mol. The number of hydrogen-bond donors (Lipinski definition) is 3. The number of carbonyl (C=O) groups excluding carboxylic acids is 1. The molecule has 1 aromatic carbocycles. The van der Waals surface area contributed by atoms with Crippen LogP contribution in [0.25, 0.3) is 0 Å². The molecule has 17 heavy (non-hydrogen) atoms. The first-order chi connectivity index (χ1) is 8.16. The molecule has 4 nitrogen and oxygen atoms in total. The van der Waals surface area contributed by atoms with E-state index in [4.69, 9.17) is 5.73 Å². The van der Waals surface area contributed by atoms with Crippen molar-refractivity contribution in [1.82, 2.24) is 10.6 Å². The molecule has 4 N–H and O–H groups in total. The minimum atomic E-state index is -0.0245. The Hall–Kier alpha value is -1.55. The summed E-state index contributed by atoms with van der Waals surface area (Å²) in [6.07, 6.45) is 2.15. The van der Waals surface area contributed by atoms with Crippen molar-refractivity contribution >= 4 is 11.6 Å². The van der Waals surface area contributed by atoms with Gasteiger partial charge in [-0.05, 0) is 44.0 Å². The van der Waals surface area contributed by atoms with Gasteiger partial charge in [-0.1, -0.05) is 6.07 Å². The molecule has 0 saturated carbocycles. The van der Waals surface area contributed by atoms with Crippen molar-refractivity contribution in [2.45, 2.75) is 25.8 Å². The maximum Gasteiger partial charge on any atom is 0.251 e. The summed E-state index contributed by atoms with van der Waals surface area (Å²) in [4.78, 5) is 12.1. The molecular formula is C13H19N3O. The van der Waals surface area contributed by atoms with E-state index in [1.165, 1.54) is 0 Å². The average molecular weight is 233 g/mol. The summed E-state index contributed by atoms with van der Waals surface area (Å²) in [5, 5.41) is 6.32. The zero-order valence-corrected chi connectivity index (χ0v) is 10.1. The predicted octanol–water partition coefficient (Wildman–Crippen LogP) is 1.06. The van der Waals surface area contributed by atoms with Gasteiger partial charge in [-0.25, -0.2) is 0 Å². The van der Waals surface area contributed by atoms with Gasteiger partial charge in [0, 0.05) is 23.8 Å². The molecule has 1 aliphatic heterocycles. The normalized spacial score (nSPS) is 19.9. The van der Waals surface area contributed by atoms with Crippen molar-refractivity contribution in [2.24, 2.45) is 0 Å². The van der Waals surface area contributed by atoms with Crippen molar-refractivity contribution in [2.75, 3.05) is 18.8 Å². The third kappa shape index (κ3) is 2.97. The van der Waals surface area contributed by atoms with Gasteiger partial charge in [0.2, 0.25) is 0 Å². The summed E-state index contributed by atoms with van der Waals surface area (Å²) in [6.45, 7) is 3.82. The Morgan fingerprint density at radius 2 is 2.35 bits per heavy atom. The second-order valence-corrected chi connectivity index (χ2v) is 4.59. The first kappa shape index (κ1) is 11.9. The van der Waals surface area contributed by atoms with Crippen LogP contribution in [0.2, 0.25) is 0 Å². The van der Waals surface area contributed by atoms with Crippen LogP contribution in [0.3, 0.4) is 0 Å². The fraction of sp³-hybridized carbons (Fsp3) is 0.462. The molecule has 0 bridgehead atoms. The Morgan fingerprint density at radius 3 is 3.06 bits per heavy atom. The molecule has 1 unspecified atom stereocenters. The number of nitrogens with one attached hydrogen (secondary N) is 2. The lowest BCUT2D eigenvalue weighted by Gasteiger charge is -2.24. The summed E-state index contributed by atoms with van der Waals surface area (Å²) in [7, 11) is 0. The highest BCUT2D eigenvalue weighted by molar-refractivity contribution is 5.96. The summed E-state index contributed by atoms with van der Waals surface area (Å²) in [5.41, 5.74) is 7.97. The molecular weight excluding hydrogens is 214 g/mol. The second-order valence-electron chi connectivity index (χ2n) is 4.59. The summed E-state index contributed by atoms with van der Waals surface area (Å²) < 4.78 is 0. The van der Waals surface area contributed by atoms with Gasteiger partial charge in [0.15, 0.2) is 0 Å². The fourth-order valence-corrected chi connectivity index (χ4v) is 2.12. The minimum Gasteiger partial charge on any atom is -0.399 e. The number of nitrogen functional groups attached to an aromatic ring is 1. The maximum atomic E-state index is 12.1. The van der Waals surface area contributed by atoms with Gasteiger partial charge >= 0.3 is 0 Å². The first-order valence-electron chi connectivity index (χ1n) is 6.04. The van der Waals surface area contributed by atoms with Crippen molar-refractivity contribution < 1.29 is 4.79 Å². The van der Waals surface area contributed by atoms with Crippen LogP contribution < -0.4 is 16.4 Å². The molecule has 1 heterocycles. The fourth-order valence-electron chi connectivity index (χ4n) is 2.12. The zero-order valence-electron chi connectivity index (χ0n) is 10.1. The van der Waals surface area contributed by atoms with Gasteiger partial charge in [-0.15, -0.1) is 0 Å². The SMILES string of the molecule is Cc1ccc(N)cc1C(=O)NC1CCCNC1. The molecule has 0 aliphatic carbocycles. The van der Waals surface area contributed by atoms with Crippen LogP contribution in [0.5, 0.6) is 0 Å². The topological polar surface area (TPSA) is 67.2 Å². The van der Waals surface area contributed by atoms with Crippen LogP contribution in [0, 0.1) is 6.92 Å². The van der Waals surface area contributed by atoms with Crippen LogP contribution in [-0.4, -0.2) is 25.0 Å². The lowest BCUT2D eigenvalue weighted by Crippen LogP contribution is -2.45. The van der Waals surface area contributed by atoms with Gasteiger partial charge in [0.05, 0.1) is 0 Å². The number of benzene rings is 1. The minimum absolute atomic E-state index is 0.0245. The molecule has 1 atom stereocenters. The number of aryl methyl sites for hydroxylation is 1. The Labute approximate surface area is 102 Å². The van der Waals surface area contributed by atoms with E-state index >= 15 is 0 Å². The number of rotatable bonds is 2. The second kappa shape index (κ2) is 5.19. The molecule has 1 aromatic rings. The molecule has 1 saturated heterocycles. The number of anilines is 1. The van der Waals surface area contributed by atoms with E-state index in [-0.39, 0.29) is 11.9 Å². The Balaban J connectivity index is 2.05. The van der Waals surface area contributed by atoms with E-state index in [0.29, 0.717) is 11.3 Å². The van der Waals surface area contributed by atoms with E-state index < -0.39 is 0 Å². The highest BCUT2D eigenvalue weighted by Crippen LogP contribution is 2.13. The third-order valence-electron chi connectivity index (χ3n) is 3.14. The average Bonchev–Trinajstić information content (AvgIpc) is 2.33. The van der Waals surface area contributed by atoms with E-state index in [1.54, 1.807) is 6.07 Å². The quantitative estimate of drug-likeness (QED) is 0.669. The number of piperidine rings is 1. The molecule has 1 amide bonds. The lowest BCUT2D eigenvalue weighted by molar-refractivity contribution is 0.0930. The van der Waals surface area contributed by atoms with Crippen molar-refractivity contribution in [3.05, 3.63) is 29.3 Å².